The predicted molar refractivity (Wildman–Crippen MR) is 122 cm³/mol. The number of carbonyl (C=O) groups is 1. The monoisotopic (exact) mass is 463 g/mol. The molecule has 4 heterocycles. The number of nitrogens with zero attached hydrogens (tertiary/aromatic N) is 4. The summed E-state index contributed by atoms with van der Waals surface area (Å²) in [5.41, 5.74) is 3.40. The largest absolute Gasteiger partial charge is 0.461 e. The highest BCUT2D eigenvalue weighted by Crippen LogP contribution is 2.24. The van der Waals surface area contributed by atoms with Gasteiger partial charge in [0.25, 0.3) is 5.91 Å². The molecule has 5 rings (SSSR count). The fourth-order valence-electron chi connectivity index (χ4n) is 3.76. The SMILES string of the molecule is Cc1c(C(=O)Nc2ccc3nc(-c4ccco4)[nH]c3c2)nnn1C1CCNCC1.Cl.Cl. The molecule has 0 aliphatic carbocycles. The highest BCUT2D eigenvalue weighted by Gasteiger charge is 2.23. The van der Waals surface area contributed by atoms with Crippen molar-refractivity contribution in [1.29, 1.82) is 0 Å². The first-order valence-corrected chi connectivity index (χ1v) is 9.66. The quantitative estimate of drug-likeness (QED) is 0.424. The van der Waals surface area contributed by atoms with Gasteiger partial charge >= 0.3 is 0 Å². The van der Waals surface area contributed by atoms with Gasteiger partial charge in [0.1, 0.15) is 0 Å². The molecule has 1 aliphatic rings. The van der Waals surface area contributed by atoms with E-state index in [1.54, 1.807) is 6.26 Å². The summed E-state index contributed by atoms with van der Waals surface area (Å²) in [6.07, 6.45) is 3.58. The molecule has 3 N–H and O–H groups in total. The van der Waals surface area contributed by atoms with E-state index in [4.69, 9.17) is 4.42 Å². The first-order valence-electron chi connectivity index (χ1n) is 9.66. The molecule has 1 fully saturated rings. The Labute approximate surface area is 190 Å². The van der Waals surface area contributed by atoms with Crippen LogP contribution in [0, 0.1) is 6.92 Å². The number of amides is 1. The van der Waals surface area contributed by atoms with Crippen molar-refractivity contribution in [3.63, 3.8) is 0 Å². The van der Waals surface area contributed by atoms with Gasteiger partial charge in [-0.15, -0.1) is 29.9 Å². The lowest BCUT2D eigenvalue weighted by Gasteiger charge is -2.23. The number of benzene rings is 1. The number of hydrogen-bond acceptors (Lipinski definition) is 6. The summed E-state index contributed by atoms with van der Waals surface area (Å²) in [5, 5.41) is 14.6. The summed E-state index contributed by atoms with van der Waals surface area (Å²) < 4.78 is 7.26. The molecular weight excluding hydrogens is 441 g/mol. The minimum Gasteiger partial charge on any atom is -0.461 e. The van der Waals surface area contributed by atoms with Crippen LogP contribution in [0.3, 0.4) is 0 Å². The Balaban J connectivity index is 0.00000136. The molecule has 1 aromatic carbocycles. The molecule has 0 saturated carbocycles. The van der Waals surface area contributed by atoms with E-state index >= 15 is 0 Å². The standard InChI is InChI=1S/C20H21N7O2.2ClH/c1-12-18(25-26-27(12)14-6-8-21-9-7-14)20(28)22-13-4-5-15-16(11-13)24-19(23-15)17-3-2-10-29-17;;/h2-5,10-11,14,21H,6-9H2,1H3,(H,22,28)(H,23,24);2*1H. The van der Waals surface area contributed by atoms with Crippen molar-refractivity contribution in [2.75, 3.05) is 18.4 Å². The maximum absolute atomic E-state index is 12.8. The molecule has 1 aliphatic heterocycles. The van der Waals surface area contributed by atoms with E-state index in [1.165, 1.54) is 0 Å². The van der Waals surface area contributed by atoms with Crippen molar-refractivity contribution in [2.45, 2.75) is 25.8 Å². The first kappa shape index (κ1) is 22.8. The van der Waals surface area contributed by atoms with Crippen LogP contribution in [0.5, 0.6) is 0 Å². The van der Waals surface area contributed by atoms with Crippen molar-refractivity contribution >= 4 is 47.4 Å². The Morgan fingerprint density at radius 1 is 1.23 bits per heavy atom. The van der Waals surface area contributed by atoms with E-state index in [1.807, 2.05) is 41.9 Å². The summed E-state index contributed by atoms with van der Waals surface area (Å²) in [4.78, 5) is 20.5. The van der Waals surface area contributed by atoms with Crippen LogP contribution in [-0.2, 0) is 0 Å². The Hall–Kier alpha value is -2.88. The minimum absolute atomic E-state index is 0. The van der Waals surface area contributed by atoms with Crippen LogP contribution in [0.25, 0.3) is 22.6 Å². The van der Waals surface area contributed by atoms with Crippen LogP contribution in [0.2, 0.25) is 0 Å². The van der Waals surface area contributed by atoms with Crippen LogP contribution in [0.15, 0.2) is 41.0 Å². The van der Waals surface area contributed by atoms with Gasteiger partial charge in [-0.05, 0) is 63.2 Å². The van der Waals surface area contributed by atoms with E-state index in [9.17, 15) is 4.79 Å². The summed E-state index contributed by atoms with van der Waals surface area (Å²) in [6, 6.07) is 9.46. The van der Waals surface area contributed by atoms with Gasteiger partial charge in [0.05, 0.1) is 29.0 Å². The zero-order chi connectivity index (χ0) is 19.8. The van der Waals surface area contributed by atoms with E-state index in [0.717, 1.165) is 42.7 Å². The maximum atomic E-state index is 12.8. The average molecular weight is 464 g/mol. The van der Waals surface area contributed by atoms with Gasteiger partial charge in [-0.2, -0.15) is 0 Å². The number of rotatable bonds is 4. The fraction of sp³-hybridized carbons (Fsp3) is 0.300. The minimum atomic E-state index is -0.271. The molecule has 0 unspecified atom stereocenters. The third-order valence-corrected chi connectivity index (χ3v) is 5.29. The molecule has 11 heteroatoms. The number of fused-ring (bicyclic) bond motifs is 1. The smallest absolute Gasteiger partial charge is 0.278 e. The zero-order valence-electron chi connectivity index (χ0n) is 16.8. The third-order valence-electron chi connectivity index (χ3n) is 5.29. The maximum Gasteiger partial charge on any atom is 0.278 e. The molecule has 4 aromatic rings. The molecule has 1 amide bonds. The summed E-state index contributed by atoms with van der Waals surface area (Å²) >= 11 is 0. The molecule has 164 valence electrons. The number of hydrogen-bond donors (Lipinski definition) is 3. The van der Waals surface area contributed by atoms with Gasteiger partial charge in [-0.1, -0.05) is 5.21 Å². The molecule has 0 spiro atoms. The Morgan fingerprint density at radius 3 is 2.77 bits per heavy atom. The van der Waals surface area contributed by atoms with Gasteiger partial charge in [0.2, 0.25) is 0 Å². The van der Waals surface area contributed by atoms with Gasteiger partial charge in [0.15, 0.2) is 17.3 Å². The number of piperidine rings is 1. The Bertz CT molecular complexity index is 1160. The van der Waals surface area contributed by atoms with Gasteiger partial charge in [0, 0.05) is 5.69 Å². The van der Waals surface area contributed by atoms with Crippen molar-refractivity contribution < 1.29 is 9.21 Å². The van der Waals surface area contributed by atoms with E-state index < -0.39 is 0 Å². The molecule has 0 radical (unpaired) electrons. The van der Waals surface area contributed by atoms with Crippen molar-refractivity contribution in [1.82, 2.24) is 30.3 Å². The van der Waals surface area contributed by atoms with Crippen LogP contribution in [0.4, 0.5) is 5.69 Å². The molecule has 3 aromatic heterocycles. The van der Waals surface area contributed by atoms with E-state index in [-0.39, 0.29) is 36.8 Å². The third kappa shape index (κ3) is 4.43. The van der Waals surface area contributed by atoms with Crippen LogP contribution in [0.1, 0.15) is 35.1 Å². The fourth-order valence-corrected chi connectivity index (χ4v) is 3.76. The summed E-state index contributed by atoms with van der Waals surface area (Å²) in [5.74, 6) is 1.04. The normalized spacial score (nSPS) is 14.1. The second-order valence-corrected chi connectivity index (χ2v) is 7.20. The van der Waals surface area contributed by atoms with Crippen LogP contribution in [-0.4, -0.2) is 44.0 Å². The number of aromatic amines is 1. The second kappa shape index (κ2) is 9.51. The van der Waals surface area contributed by atoms with Gasteiger partial charge in [-0.25, -0.2) is 9.67 Å². The number of halogens is 2. The second-order valence-electron chi connectivity index (χ2n) is 7.20. The molecule has 9 nitrogen and oxygen atoms in total. The highest BCUT2D eigenvalue weighted by atomic mass is 35.5. The predicted octanol–water partition coefficient (Wildman–Crippen LogP) is 3.74. The number of furan rings is 1. The lowest BCUT2D eigenvalue weighted by molar-refractivity contribution is 0.102. The summed E-state index contributed by atoms with van der Waals surface area (Å²) in [7, 11) is 0. The van der Waals surface area contributed by atoms with Crippen LogP contribution < -0.4 is 10.6 Å². The molecule has 1 saturated heterocycles. The lowest BCUT2D eigenvalue weighted by Crippen LogP contribution is -2.30. The molecule has 0 atom stereocenters. The highest BCUT2D eigenvalue weighted by molar-refractivity contribution is 6.04. The van der Waals surface area contributed by atoms with Crippen LogP contribution >= 0.6 is 24.8 Å². The van der Waals surface area contributed by atoms with E-state index in [0.29, 0.717) is 23.0 Å². The lowest BCUT2D eigenvalue weighted by atomic mass is 10.1. The van der Waals surface area contributed by atoms with Gasteiger partial charge < -0.3 is 20.0 Å². The Morgan fingerprint density at radius 2 is 2.03 bits per heavy atom. The molecule has 0 bridgehead atoms. The number of H-pyrrole nitrogens is 1. The zero-order valence-corrected chi connectivity index (χ0v) is 18.4. The van der Waals surface area contributed by atoms with Crippen molar-refractivity contribution in [3.05, 3.63) is 48.0 Å². The molecular formula is C20H23Cl2N7O2. The number of anilines is 1. The number of imidazole rings is 1. The van der Waals surface area contributed by atoms with E-state index in [2.05, 4.69) is 30.9 Å². The van der Waals surface area contributed by atoms with Crippen molar-refractivity contribution in [3.8, 4) is 11.6 Å². The number of nitrogens with one attached hydrogen (secondary N) is 3. The Kier molecular flexibility index (Phi) is 6.99. The molecule has 31 heavy (non-hydrogen) atoms. The van der Waals surface area contributed by atoms with Gasteiger partial charge in [-0.3, -0.25) is 4.79 Å². The average Bonchev–Trinajstić information content (AvgIpc) is 3.47. The number of aromatic nitrogens is 5. The van der Waals surface area contributed by atoms with Crippen molar-refractivity contribution in [2.24, 2.45) is 0 Å². The number of carbonyl (C=O) groups excluding carboxylic acids is 1. The topological polar surface area (TPSA) is 114 Å². The summed E-state index contributed by atoms with van der Waals surface area (Å²) in [6.45, 7) is 3.80. The first-order chi connectivity index (χ1) is 14.2.